The van der Waals surface area contributed by atoms with Crippen LogP contribution in [0.1, 0.15) is 0 Å². The normalized spacial score (nSPS) is 10.3. The highest BCUT2D eigenvalue weighted by Crippen LogP contribution is 2.26. The van der Waals surface area contributed by atoms with E-state index in [1.807, 2.05) is 0 Å². The number of aliphatic hydroxyl groups is 1. The summed E-state index contributed by atoms with van der Waals surface area (Å²) in [6.45, 7) is 1.15. The lowest BCUT2D eigenvalue weighted by atomic mass is 10.3. The molecule has 0 amide bonds. The van der Waals surface area contributed by atoms with Gasteiger partial charge in [0.2, 0.25) is 0 Å². The molecule has 0 saturated carbocycles. The van der Waals surface area contributed by atoms with Crippen molar-refractivity contribution in [2.75, 3.05) is 32.2 Å². The molecule has 0 saturated heterocycles. The molecule has 3 N–H and O–H groups in total. The minimum Gasteiger partial charge on any atom is -0.490 e. The van der Waals surface area contributed by atoms with Crippen LogP contribution in [0.2, 0.25) is 5.02 Å². The molecule has 0 aliphatic heterocycles. The van der Waals surface area contributed by atoms with Crippen LogP contribution in [0.4, 0.5) is 5.69 Å². The average Bonchev–Trinajstić information content (AvgIpc) is 2.20. The summed E-state index contributed by atoms with van der Waals surface area (Å²) in [6.07, 6.45) is 0. The van der Waals surface area contributed by atoms with Crippen LogP contribution >= 0.6 is 11.6 Å². The molecule has 0 atom stereocenters. The molecule has 0 fully saturated rings. The zero-order valence-corrected chi connectivity index (χ0v) is 9.04. The number of hydrogen-bond donors (Lipinski definition) is 2. The van der Waals surface area contributed by atoms with E-state index in [0.717, 1.165) is 0 Å². The smallest absolute Gasteiger partial charge is 0.138 e. The van der Waals surface area contributed by atoms with Crippen LogP contribution in [0.3, 0.4) is 0 Å². The maximum absolute atomic E-state index is 8.46. The van der Waals surface area contributed by atoms with Gasteiger partial charge < -0.3 is 20.3 Å². The first-order valence-corrected chi connectivity index (χ1v) is 4.98. The fourth-order valence-corrected chi connectivity index (χ4v) is 1.25. The predicted octanol–water partition coefficient (Wildman–Crippen LogP) is 1.31. The number of benzene rings is 1. The summed E-state index contributed by atoms with van der Waals surface area (Å²) in [6, 6.07) is 5.06. The first kappa shape index (κ1) is 12.1. The van der Waals surface area contributed by atoms with Gasteiger partial charge in [-0.2, -0.15) is 0 Å². The first-order valence-electron chi connectivity index (χ1n) is 4.60. The van der Waals surface area contributed by atoms with Gasteiger partial charge in [0.05, 0.1) is 24.8 Å². The van der Waals surface area contributed by atoms with Gasteiger partial charge in [0.1, 0.15) is 12.4 Å². The standard InChI is InChI=1S/C10H14ClNO3/c11-9-7-8(12)1-2-10(9)15-6-5-14-4-3-13/h1-2,7,13H,3-6,12H2. The number of rotatable bonds is 6. The molecule has 5 heteroatoms. The molecule has 0 heterocycles. The summed E-state index contributed by atoms with van der Waals surface area (Å²) in [4.78, 5) is 0. The summed E-state index contributed by atoms with van der Waals surface area (Å²) in [5, 5.41) is 8.94. The van der Waals surface area contributed by atoms with Crippen molar-refractivity contribution in [3.05, 3.63) is 23.2 Å². The third-order valence-electron chi connectivity index (χ3n) is 1.68. The van der Waals surface area contributed by atoms with Gasteiger partial charge in [-0.25, -0.2) is 0 Å². The van der Waals surface area contributed by atoms with Crippen molar-refractivity contribution in [3.8, 4) is 5.75 Å². The zero-order valence-electron chi connectivity index (χ0n) is 8.28. The fourth-order valence-electron chi connectivity index (χ4n) is 1.01. The van der Waals surface area contributed by atoms with Gasteiger partial charge >= 0.3 is 0 Å². The topological polar surface area (TPSA) is 64.7 Å². The van der Waals surface area contributed by atoms with Crippen molar-refractivity contribution in [1.82, 2.24) is 0 Å². The van der Waals surface area contributed by atoms with Crippen LogP contribution in [-0.4, -0.2) is 31.5 Å². The molecule has 1 aromatic carbocycles. The van der Waals surface area contributed by atoms with E-state index in [-0.39, 0.29) is 6.61 Å². The van der Waals surface area contributed by atoms with Crippen LogP contribution in [-0.2, 0) is 4.74 Å². The van der Waals surface area contributed by atoms with Gasteiger partial charge in [0, 0.05) is 5.69 Å². The summed E-state index contributed by atoms with van der Waals surface area (Å²) in [5.41, 5.74) is 6.13. The number of hydrogen-bond acceptors (Lipinski definition) is 4. The van der Waals surface area contributed by atoms with E-state index >= 15 is 0 Å². The molecule has 4 nitrogen and oxygen atoms in total. The molecule has 1 aromatic rings. The van der Waals surface area contributed by atoms with Crippen molar-refractivity contribution in [2.45, 2.75) is 0 Å². The maximum atomic E-state index is 8.46. The molecular formula is C10H14ClNO3. The highest BCUT2D eigenvalue weighted by molar-refractivity contribution is 6.32. The molecule has 0 aliphatic carbocycles. The highest BCUT2D eigenvalue weighted by Gasteiger charge is 2.01. The largest absolute Gasteiger partial charge is 0.490 e. The van der Waals surface area contributed by atoms with Crippen LogP contribution in [0.15, 0.2) is 18.2 Å². The predicted molar refractivity (Wildman–Crippen MR) is 59.3 cm³/mol. The van der Waals surface area contributed by atoms with Crippen molar-refractivity contribution in [1.29, 1.82) is 0 Å². The second-order valence-corrected chi connectivity index (χ2v) is 3.28. The Bertz CT molecular complexity index is 307. The van der Waals surface area contributed by atoms with Crippen molar-refractivity contribution >= 4 is 17.3 Å². The molecule has 84 valence electrons. The summed E-state index contributed by atoms with van der Waals surface area (Å²) in [5.74, 6) is 0.582. The fraction of sp³-hybridized carbons (Fsp3) is 0.400. The van der Waals surface area contributed by atoms with E-state index in [1.54, 1.807) is 18.2 Å². The van der Waals surface area contributed by atoms with Gasteiger partial charge in [-0.3, -0.25) is 0 Å². The van der Waals surface area contributed by atoms with Crippen molar-refractivity contribution in [2.24, 2.45) is 0 Å². The van der Waals surface area contributed by atoms with Crippen LogP contribution < -0.4 is 10.5 Å². The van der Waals surface area contributed by atoms with E-state index in [0.29, 0.717) is 36.3 Å². The highest BCUT2D eigenvalue weighted by atomic mass is 35.5. The third-order valence-corrected chi connectivity index (χ3v) is 1.97. The lowest BCUT2D eigenvalue weighted by Gasteiger charge is -2.08. The molecule has 0 bridgehead atoms. The third kappa shape index (κ3) is 4.38. The van der Waals surface area contributed by atoms with Crippen LogP contribution in [0.25, 0.3) is 0 Å². The van der Waals surface area contributed by atoms with E-state index in [2.05, 4.69) is 0 Å². The first-order chi connectivity index (χ1) is 7.24. The monoisotopic (exact) mass is 231 g/mol. The number of nitrogen functional groups attached to an aromatic ring is 1. The summed E-state index contributed by atoms with van der Waals surface area (Å²) >= 11 is 5.88. The lowest BCUT2D eigenvalue weighted by molar-refractivity contribution is 0.0705. The van der Waals surface area contributed by atoms with E-state index in [1.165, 1.54) is 0 Å². The Hall–Kier alpha value is -0.970. The Morgan fingerprint density at radius 2 is 2.07 bits per heavy atom. The van der Waals surface area contributed by atoms with Gasteiger partial charge in [0.15, 0.2) is 0 Å². The Labute approximate surface area is 93.6 Å². The van der Waals surface area contributed by atoms with Gasteiger partial charge in [-0.05, 0) is 18.2 Å². The van der Waals surface area contributed by atoms with Crippen LogP contribution in [0, 0.1) is 0 Å². The number of ether oxygens (including phenoxy) is 2. The minimum absolute atomic E-state index is 0.0165. The second-order valence-electron chi connectivity index (χ2n) is 2.87. The van der Waals surface area contributed by atoms with E-state index in [4.69, 9.17) is 31.9 Å². The SMILES string of the molecule is Nc1ccc(OCCOCCO)c(Cl)c1. The van der Waals surface area contributed by atoms with Crippen LogP contribution in [0.5, 0.6) is 5.75 Å². The quantitative estimate of drug-likeness (QED) is 0.572. The number of aliphatic hydroxyl groups excluding tert-OH is 1. The molecular weight excluding hydrogens is 218 g/mol. The summed E-state index contributed by atoms with van der Waals surface area (Å²) in [7, 11) is 0. The van der Waals surface area contributed by atoms with E-state index < -0.39 is 0 Å². The molecule has 0 aromatic heterocycles. The Balaban J connectivity index is 2.31. The van der Waals surface area contributed by atoms with Crippen molar-refractivity contribution in [3.63, 3.8) is 0 Å². The Kier molecular flexibility index (Phi) is 5.25. The minimum atomic E-state index is 0.0165. The lowest BCUT2D eigenvalue weighted by Crippen LogP contribution is -2.09. The zero-order chi connectivity index (χ0) is 11.1. The molecule has 0 unspecified atom stereocenters. The number of halogens is 1. The van der Waals surface area contributed by atoms with Crippen molar-refractivity contribution < 1.29 is 14.6 Å². The second kappa shape index (κ2) is 6.50. The summed E-state index contributed by atoms with van der Waals surface area (Å²) < 4.78 is 10.4. The van der Waals surface area contributed by atoms with Gasteiger partial charge in [-0.15, -0.1) is 0 Å². The number of anilines is 1. The molecule has 1 rings (SSSR count). The Morgan fingerprint density at radius 3 is 2.73 bits per heavy atom. The number of nitrogens with two attached hydrogens (primary N) is 1. The maximum Gasteiger partial charge on any atom is 0.138 e. The molecule has 15 heavy (non-hydrogen) atoms. The van der Waals surface area contributed by atoms with Gasteiger partial charge in [0.25, 0.3) is 0 Å². The van der Waals surface area contributed by atoms with Gasteiger partial charge in [-0.1, -0.05) is 11.6 Å². The molecule has 0 radical (unpaired) electrons. The molecule has 0 aliphatic rings. The van der Waals surface area contributed by atoms with E-state index in [9.17, 15) is 0 Å². The Morgan fingerprint density at radius 1 is 1.27 bits per heavy atom. The average molecular weight is 232 g/mol. The molecule has 0 spiro atoms.